The number of sulfonamides is 1. The van der Waals surface area contributed by atoms with E-state index in [4.69, 9.17) is 0 Å². The van der Waals surface area contributed by atoms with Gasteiger partial charge in [-0.25, -0.2) is 17.5 Å². The third-order valence-corrected chi connectivity index (χ3v) is 6.49. The molecule has 1 aliphatic heterocycles. The lowest BCUT2D eigenvalue weighted by Crippen LogP contribution is -2.50. The van der Waals surface area contributed by atoms with E-state index in [1.807, 2.05) is 21.7 Å². The van der Waals surface area contributed by atoms with E-state index in [1.54, 1.807) is 0 Å². The summed E-state index contributed by atoms with van der Waals surface area (Å²) in [5.41, 5.74) is 1.27. The van der Waals surface area contributed by atoms with Gasteiger partial charge >= 0.3 is 0 Å². The molecule has 6 nitrogen and oxygen atoms in total. The van der Waals surface area contributed by atoms with Crippen LogP contribution in [0.2, 0.25) is 0 Å². The van der Waals surface area contributed by atoms with Crippen LogP contribution in [0.15, 0.2) is 41.1 Å². The topological polar surface area (TPSA) is 69.7 Å². The van der Waals surface area contributed by atoms with Crippen molar-refractivity contribution in [3.05, 3.63) is 58.0 Å². The highest BCUT2D eigenvalue weighted by atomic mass is 32.2. The van der Waals surface area contributed by atoms with Gasteiger partial charge in [-0.15, -0.1) is 0 Å². The third kappa shape index (κ3) is 5.83. The zero-order valence-electron chi connectivity index (χ0n) is 14.8. The quantitative estimate of drug-likeness (QED) is 0.754. The normalized spacial score (nSPS) is 15.8. The Morgan fingerprint density at radius 2 is 1.81 bits per heavy atom. The summed E-state index contributed by atoms with van der Waals surface area (Å²) in [5.74, 6) is -0.507. The van der Waals surface area contributed by atoms with Crippen molar-refractivity contribution in [2.45, 2.75) is 5.75 Å². The van der Waals surface area contributed by atoms with Crippen molar-refractivity contribution < 1.29 is 17.6 Å². The molecular formula is C18H22FN3O3S2. The summed E-state index contributed by atoms with van der Waals surface area (Å²) >= 11 is 1.51. The first kappa shape index (κ1) is 19.9. The van der Waals surface area contributed by atoms with Crippen molar-refractivity contribution in [1.82, 2.24) is 14.5 Å². The first-order valence-electron chi connectivity index (χ1n) is 8.68. The minimum atomic E-state index is -3.46. The van der Waals surface area contributed by atoms with Crippen molar-refractivity contribution in [2.24, 2.45) is 0 Å². The van der Waals surface area contributed by atoms with Crippen LogP contribution in [0.1, 0.15) is 15.9 Å². The molecule has 2 aromatic rings. The van der Waals surface area contributed by atoms with Crippen molar-refractivity contribution in [3.8, 4) is 0 Å². The fraction of sp³-hybridized carbons (Fsp3) is 0.389. The van der Waals surface area contributed by atoms with Gasteiger partial charge in [0, 0.05) is 44.6 Å². The molecule has 2 heterocycles. The molecule has 0 spiro atoms. The minimum absolute atomic E-state index is 0.0518. The van der Waals surface area contributed by atoms with Crippen LogP contribution in [0.5, 0.6) is 0 Å². The summed E-state index contributed by atoms with van der Waals surface area (Å²) in [6.07, 6.45) is 0. The highest BCUT2D eigenvalue weighted by Crippen LogP contribution is 2.12. The van der Waals surface area contributed by atoms with Gasteiger partial charge in [-0.05, 0) is 29.1 Å². The lowest BCUT2D eigenvalue weighted by atomic mass is 10.2. The molecule has 0 bridgehead atoms. The van der Waals surface area contributed by atoms with E-state index in [1.165, 1.54) is 35.6 Å². The maximum atomic E-state index is 12.9. The highest BCUT2D eigenvalue weighted by molar-refractivity contribution is 7.88. The minimum Gasteiger partial charge on any atom is -0.336 e. The van der Waals surface area contributed by atoms with Gasteiger partial charge in [0.05, 0.1) is 11.3 Å². The fourth-order valence-corrected chi connectivity index (χ4v) is 4.72. The molecule has 27 heavy (non-hydrogen) atoms. The molecule has 1 aromatic carbocycles. The largest absolute Gasteiger partial charge is 0.336 e. The number of carbonyl (C=O) groups is 1. The van der Waals surface area contributed by atoms with Crippen LogP contribution in [0, 0.1) is 5.82 Å². The molecule has 0 radical (unpaired) electrons. The van der Waals surface area contributed by atoms with Gasteiger partial charge in [0.2, 0.25) is 10.0 Å². The Hall–Kier alpha value is -1.81. The van der Waals surface area contributed by atoms with Gasteiger partial charge < -0.3 is 4.90 Å². The Morgan fingerprint density at radius 1 is 1.11 bits per heavy atom. The average molecular weight is 412 g/mol. The molecule has 0 aliphatic carbocycles. The van der Waals surface area contributed by atoms with E-state index in [0.29, 0.717) is 31.7 Å². The molecule has 1 amide bonds. The number of rotatable bonds is 7. The molecule has 1 fully saturated rings. The van der Waals surface area contributed by atoms with Crippen molar-refractivity contribution >= 4 is 27.3 Å². The molecule has 1 aliphatic rings. The van der Waals surface area contributed by atoms with Crippen LogP contribution >= 0.6 is 11.3 Å². The second kappa shape index (κ2) is 8.92. The first-order chi connectivity index (χ1) is 12.9. The van der Waals surface area contributed by atoms with Crippen LogP contribution in [0.4, 0.5) is 4.39 Å². The predicted molar refractivity (Wildman–Crippen MR) is 104 cm³/mol. The van der Waals surface area contributed by atoms with Crippen LogP contribution < -0.4 is 4.72 Å². The number of hydrogen-bond acceptors (Lipinski definition) is 5. The van der Waals surface area contributed by atoms with Crippen LogP contribution in [0.25, 0.3) is 0 Å². The van der Waals surface area contributed by atoms with Crippen LogP contribution in [-0.4, -0.2) is 63.4 Å². The molecule has 0 atom stereocenters. The molecule has 146 valence electrons. The highest BCUT2D eigenvalue weighted by Gasteiger charge is 2.22. The first-order valence-corrected chi connectivity index (χ1v) is 11.3. The van der Waals surface area contributed by atoms with Crippen LogP contribution in [-0.2, 0) is 15.8 Å². The Balaban J connectivity index is 1.39. The maximum absolute atomic E-state index is 12.9. The average Bonchev–Trinajstić information content (AvgIpc) is 3.18. The second-order valence-electron chi connectivity index (χ2n) is 6.43. The molecule has 0 unspecified atom stereocenters. The summed E-state index contributed by atoms with van der Waals surface area (Å²) < 4.78 is 39.7. The monoisotopic (exact) mass is 411 g/mol. The van der Waals surface area contributed by atoms with Gasteiger partial charge in [0.15, 0.2) is 0 Å². The van der Waals surface area contributed by atoms with Gasteiger partial charge in [-0.2, -0.15) is 11.3 Å². The van der Waals surface area contributed by atoms with E-state index in [9.17, 15) is 17.6 Å². The lowest BCUT2D eigenvalue weighted by Gasteiger charge is -2.34. The summed E-state index contributed by atoms with van der Waals surface area (Å²) in [7, 11) is -3.46. The number of amides is 1. The van der Waals surface area contributed by atoms with Gasteiger partial charge in [-0.3, -0.25) is 9.69 Å². The predicted octanol–water partition coefficient (Wildman–Crippen LogP) is 1.76. The summed E-state index contributed by atoms with van der Waals surface area (Å²) in [5, 5.41) is 3.74. The summed E-state index contributed by atoms with van der Waals surface area (Å²) in [6, 6.07) is 7.27. The number of thiophene rings is 1. The Kier molecular flexibility index (Phi) is 6.59. The maximum Gasteiger partial charge on any atom is 0.254 e. The number of piperazine rings is 1. The fourth-order valence-electron chi connectivity index (χ4n) is 2.95. The van der Waals surface area contributed by atoms with E-state index in [-0.39, 0.29) is 17.5 Å². The van der Waals surface area contributed by atoms with E-state index in [2.05, 4.69) is 9.62 Å². The molecule has 1 saturated heterocycles. The lowest BCUT2D eigenvalue weighted by molar-refractivity contribution is 0.0640. The van der Waals surface area contributed by atoms with Crippen molar-refractivity contribution in [3.63, 3.8) is 0 Å². The molecule has 1 N–H and O–H groups in total. The smallest absolute Gasteiger partial charge is 0.254 e. The van der Waals surface area contributed by atoms with Gasteiger partial charge in [-0.1, -0.05) is 12.1 Å². The van der Waals surface area contributed by atoms with E-state index >= 15 is 0 Å². The molecular weight excluding hydrogens is 389 g/mol. The standard InChI is InChI=1S/C18H22FN3O3S2/c19-17-3-1-15(2-4-17)14-27(24,25)20-6-7-21-8-10-22(11-9-21)18(23)16-5-12-26-13-16/h1-5,12-13,20H,6-11,14H2. The van der Waals surface area contributed by atoms with E-state index in [0.717, 1.165) is 18.7 Å². The number of hydrogen-bond donors (Lipinski definition) is 1. The number of halogens is 1. The second-order valence-corrected chi connectivity index (χ2v) is 9.01. The molecule has 0 saturated carbocycles. The zero-order chi connectivity index (χ0) is 19.3. The number of benzene rings is 1. The SMILES string of the molecule is O=C(c1ccsc1)N1CCN(CCNS(=O)(=O)Cc2ccc(F)cc2)CC1. The molecule has 1 aromatic heterocycles. The number of nitrogens with one attached hydrogen (secondary N) is 1. The van der Waals surface area contributed by atoms with Crippen molar-refractivity contribution in [1.29, 1.82) is 0 Å². The Labute approximate surface area is 162 Å². The zero-order valence-corrected chi connectivity index (χ0v) is 16.4. The summed E-state index contributed by atoms with van der Waals surface area (Å²) in [6.45, 7) is 3.60. The Morgan fingerprint density at radius 3 is 2.44 bits per heavy atom. The molecule has 3 rings (SSSR count). The molecule has 9 heteroatoms. The third-order valence-electron chi connectivity index (χ3n) is 4.45. The van der Waals surface area contributed by atoms with Crippen LogP contribution in [0.3, 0.4) is 0 Å². The van der Waals surface area contributed by atoms with E-state index < -0.39 is 10.0 Å². The van der Waals surface area contributed by atoms with Gasteiger partial charge in [0.1, 0.15) is 5.82 Å². The van der Waals surface area contributed by atoms with Gasteiger partial charge in [0.25, 0.3) is 5.91 Å². The Bertz CT molecular complexity index is 846. The number of nitrogens with zero attached hydrogens (tertiary/aromatic N) is 2. The van der Waals surface area contributed by atoms with Crippen molar-refractivity contribution in [2.75, 3.05) is 39.3 Å². The summed E-state index contributed by atoms with van der Waals surface area (Å²) in [4.78, 5) is 16.3. The number of carbonyl (C=O) groups excluding carboxylic acids is 1.